The molecule has 4 nitrogen and oxygen atoms in total. The molecule has 0 unspecified atom stereocenters. The van der Waals surface area contributed by atoms with Gasteiger partial charge >= 0.3 is 0 Å². The van der Waals surface area contributed by atoms with Crippen LogP contribution in [-0.2, 0) is 0 Å². The van der Waals surface area contributed by atoms with E-state index < -0.39 is 0 Å². The Bertz CT molecular complexity index is 892. The Hall–Kier alpha value is -2.95. The van der Waals surface area contributed by atoms with Crippen molar-refractivity contribution < 1.29 is 13.9 Å². The van der Waals surface area contributed by atoms with Crippen LogP contribution in [-0.4, -0.2) is 17.1 Å². The minimum atomic E-state index is -0.355. The van der Waals surface area contributed by atoms with Crippen LogP contribution in [0.25, 0.3) is 11.1 Å². The van der Waals surface area contributed by atoms with Gasteiger partial charge < -0.3 is 9.47 Å². The predicted molar refractivity (Wildman–Crippen MR) is 92.5 cm³/mol. The molecular weight excluding hydrogens is 319 g/mol. The zero-order valence-corrected chi connectivity index (χ0v) is 13.8. The van der Waals surface area contributed by atoms with E-state index >= 15 is 0 Å². The van der Waals surface area contributed by atoms with Crippen LogP contribution in [0.2, 0.25) is 0 Å². The van der Waals surface area contributed by atoms with Crippen molar-refractivity contribution in [2.45, 2.75) is 18.8 Å². The average Bonchev–Trinajstić information content (AvgIpc) is 3.48. The molecule has 0 atom stereocenters. The van der Waals surface area contributed by atoms with E-state index in [1.54, 1.807) is 24.5 Å². The van der Waals surface area contributed by atoms with Crippen LogP contribution in [0.15, 0.2) is 54.9 Å². The summed E-state index contributed by atoms with van der Waals surface area (Å²) in [6.45, 7) is 0. The molecule has 0 spiro atoms. The van der Waals surface area contributed by atoms with Gasteiger partial charge in [0.05, 0.1) is 13.3 Å². The molecule has 1 aliphatic carbocycles. The normalized spacial score (nSPS) is 13.5. The number of benzene rings is 1. The summed E-state index contributed by atoms with van der Waals surface area (Å²) in [5, 5.41) is 0. The van der Waals surface area contributed by atoms with E-state index in [9.17, 15) is 4.39 Å². The zero-order valence-electron chi connectivity index (χ0n) is 13.8. The lowest BCUT2D eigenvalue weighted by Gasteiger charge is -2.13. The molecule has 126 valence electrons. The number of aromatic nitrogens is 2. The van der Waals surface area contributed by atoms with Crippen molar-refractivity contribution in [3.8, 4) is 28.5 Å². The number of hydrogen-bond acceptors (Lipinski definition) is 4. The Balaban J connectivity index is 1.67. The fourth-order valence-corrected chi connectivity index (χ4v) is 2.75. The van der Waals surface area contributed by atoms with Crippen molar-refractivity contribution in [3.05, 3.63) is 66.4 Å². The molecule has 1 aromatic carbocycles. The fraction of sp³-hybridized carbons (Fsp3) is 0.200. The van der Waals surface area contributed by atoms with Crippen molar-refractivity contribution in [1.29, 1.82) is 0 Å². The second-order valence-electron chi connectivity index (χ2n) is 6.00. The third kappa shape index (κ3) is 3.31. The van der Waals surface area contributed by atoms with Gasteiger partial charge in [0.15, 0.2) is 0 Å². The van der Waals surface area contributed by atoms with E-state index in [1.165, 1.54) is 32.1 Å². The van der Waals surface area contributed by atoms with Gasteiger partial charge in [-0.1, -0.05) is 0 Å². The van der Waals surface area contributed by atoms with Gasteiger partial charge in [0.1, 0.15) is 17.3 Å². The van der Waals surface area contributed by atoms with Gasteiger partial charge in [0.25, 0.3) is 0 Å². The highest BCUT2D eigenvalue weighted by Crippen LogP contribution is 2.40. The van der Waals surface area contributed by atoms with Gasteiger partial charge in [-0.25, -0.2) is 9.37 Å². The average molecular weight is 336 g/mol. The number of hydrogen-bond donors (Lipinski definition) is 0. The van der Waals surface area contributed by atoms with Crippen LogP contribution in [0.1, 0.15) is 24.5 Å². The molecule has 25 heavy (non-hydrogen) atoms. The summed E-state index contributed by atoms with van der Waals surface area (Å²) < 4.78 is 24.7. The molecule has 0 aliphatic heterocycles. The molecule has 0 bridgehead atoms. The summed E-state index contributed by atoms with van der Waals surface area (Å²) in [5.41, 5.74) is 2.55. The van der Waals surface area contributed by atoms with Crippen LogP contribution in [0, 0.1) is 5.82 Å². The monoisotopic (exact) mass is 336 g/mol. The van der Waals surface area contributed by atoms with Crippen molar-refractivity contribution >= 4 is 0 Å². The maximum Gasteiger partial charge on any atom is 0.227 e. The third-order valence-corrected chi connectivity index (χ3v) is 4.19. The second-order valence-corrected chi connectivity index (χ2v) is 6.00. The van der Waals surface area contributed by atoms with Crippen LogP contribution >= 0.6 is 0 Å². The van der Waals surface area contributed by atoms with Crippen LogP contribution in [0.4, 0.5) is 4.39 Å². The zero-order chi connectivity index (χ0) is 17.2. The van der Waals surface area contributed by atoms with Gasteiger partial charge in [0, 0.05) is 35.0 Å². The van der Waals surface area contributed by atoms with Crippen molar-refractivity contribution in [1.82, 2.24) is 9.97 Å². The smallest absolute Gasteiger partial charge is 0.227 e. The highest BCUT2D eigenvalue weighted by Gasteiger charge is 2.24. The van der Waals surface area contributed by atoms with Gasteiger partial charge in [-0.3, -0.25) is 4.98 Å². The highest BCUT2D eigenvalue weighted by atomic mass is 19.1. The summed E-state index contributed by atoms with van der Waals surface area (Å²) in [4.78, 5) is 8.78. The number of methoxy groups -OCH3 is 1. The molecule has 1 fully saturated rings. The third-order valence-electron chi connectivity index (χ3n) is 4.19. The molecule has 1 aliphatic rings. The molecule has 0 amide bonds. The standard InChI is InChI=1S/C20H17FN2O2/c1-24-19-11-14(21)6-8-16(19)17-3-2-10-22-20(17)25-15-7-9-18(23-12-15)13-4-5-13/h2-3,6-13H,4-5H2,1H3. The highest BCUT2D eigenvalue weighted by molar-refractivity contribution is 5.74. The van der Waals surface area contributed by atoms with E-state index in [4.69, 9.17) is 9.47 Å². The largest absolute Gasteiger partial charge is 0.496 e. The van der Waals surface area contributed by atoms with E-state index in [1.807, 2.05) is 18.2 Å². The van der Waals surface area contributed by atoms with E-state index in [2.05, 4.69) is 9.97 Å². The van der Waals surface area contributed by atoms with E-state index in [0.29, 0.717) is 23.3 Å². The molecule has 2 heterocycles. The molecular formula is C20H17FN2O2. The molecule has 0 N–H and O–H groups in total. The summed E-state index contributed by atoms with van der Waals surface area (Å²) in [5.74, 6) is 1.72. The van der Waals surface area contributed by atoms with Crippen molar-refractivity contribution in [3.63, 3.8) is 0 Å². The Morgan fingerprint density at radius 1 is 1.04 bits per heavy atom. The number of ether oxygens (including phenoxy) is 2. The molecule has 4 rings (SSSR count). The molecule has 5 heteroatoms. The topological polar surface area (TPSA) is 44.2 Å². The minimum Gasteiger partial charge on any atom is -0.496 e. The van der Waals surface area contributed by atoms with E-state index in [-0.39, 0.29) is 5.82 Å². The van der Waals surface area contributed by atoms with Gasteiger partial charge in [0.2, 0.25) is 5.88 Å². The summed E-state index contributed by atoms with van der Waals surface area (Å²) >= 11 is 0. The van der Waals surface area contributed by atoms with Crippen molar-refractivity contribution in [2.75, 3.05) is 7.11 Å². The quantitative estimate of drug-likeness (QED) is 0.660. The first kappa shape index (κ1) is 15.6. The molecule has 1 saturated carbocycles. The molecule has 3 aromatic rings. The SMILES string of the molecule is COc1cc(F)ccc1-c1cccnc1Oc1ccc(C2CC2)nc1. The van der Waals surface area contributed by atoms with Crippen LogP contribution in [0.5, 0.6) is 17.4 Å². The Morgan fingerprint density at radius 2 is 1.92 bits per heavy atom. The lowest BCUT2D eigenvalue weighted by atomic mass is 10.1. The number of halogens is 1. The lowest BCUT2D eigenvalue weighted by Crippen LogP contribution is -1.95. The fourth-order valence-electron chi connectivity index (χ4n) is 2.75. The Labute approximate surface area is 145 Å². The second kappa shape index (κ2) is 6.51. The van der Waals surface area contributed by atoms with Crippen LogP contribution < -0.4 is 9.47 Å². The van der Waals surface area contributed by atoms with Crippen LogP contribution in [0.3, 0.4) is 0 Å². The first-order chi connectivity index (χ1) is 12.2. The first-order valence-corrected chi connectivity index (χ1v) is 8.17. The molecule has 0 radical (unpaired) electrons. The van der Waals surface area contributed by atoms with Gasteiger partial charge in [-0.05, 0) is 49.2 Å². The predicted octanol–water partition coefficient (Wildman–Crippen LogP) is 4.96. The Kier molecular flexibility index (Phi) is 4.06. The van der Waals surface area contributed by atoms with Crippen molar-refractivity contribution in [2.24, 2.45) is 0 Å². The maximum absolute atomic E-state index is 13.5. The van der Waals surface area contributed by atoms with Gasteiger partial charge in [-0.15, -0.1) is 0 Å². The number of pyridine rings is 2. The summed E-state index contributed by atoms with van der Waals surface area (Å²) in [7, 11) is 1.51. The lowest BCUT2D eigenvalue weighted by molar-refractivity contribution is 0.412. The number of nitrogens with zero attached hydrogens (tertiary/aromatic N) is 2. The maximum atomic E-state index is 13.5. The Morgan fingerprint density at radius 3 is 2.64 bits per heavy atom. The number of rotatable bonds is 5. The molecule has 2 aromatic heterocycles. The van der Waals surface area contributed by atoms with E-state index in [0.717, 1.165) is 16.8 Å². The molecule has 0 saturated heterocycles. The first-order valence-electron chi connectivity index (χ1n) is 8.17. The summed E-state index contributed by atoms with van der Waals surface area (Å²) in [6.07, 6.45) is 5.79. The minimum absolute atomic E-state index is 0.355. The summed E-state index contributed by atoms with van der Waals surface area (Å²) in [6, 6.07) is 12.0. The van der Waals surface area contributed by atoms with Gasteiger partial charge in [-0.2, -0.15) is 0 Å².